The van der Waals surface area contributed by atoms with Gasteiger partial charge in [0, 0.05) is 52.5 Å². The third-order valence-corrected chi connectivity index (χ3v) is 7.58. The molecule has 1 aromatic heterocycles. The smallest absolute Gasteiger partial charge is 0.152 e. The highest BCUT2D eigenvalue weighted by molar-refractivity contribution is 5.72. The maximum Gasteiger partial charge on any atom is 0.152 e. The van der Waals surface area contributed by atoms with Gasteiger partial charge in [0.05, 0.1) is 30.8 Å². The predicted octanol–water partition coefficient (Wildman–Crippen LogP) is 3.08. The molecule has 2 fully saturated rings. The second kappa shape index (κ2) is 14.8. The molecule has 0 atom stereocenters. The van der Waals surface area contributed by atoms with E-state index in [1.165, 1.54) is 77.8 Å². The molecule has 3 aliphatic heterocycles. The number of nitrogens with two attached hydrogens (primary N) is 1. The Morgan fingerprint density at radius 1 is 0.657 bits per heavy atom. The second-order valence-electron chi connectivity index (χ2n) is 10.3. The van der Waals surface area contributed by atoms with Crippen LogP contribution < -0.4 is 15.5 Å². The van der Waals surface area contributed by atoms with E-state index >= 15 is 0 Å². The molecule has 0 saturated carbocycles. The van der Waals surface area contributed by atoms with Crippen molar-refractivity contribution < 1.29 is 9.47 Å². The molecule has 1 aromatic rings. The predicted molar refractivity (Wildman–Crippen MR) is 145 cm³/mol. The number of nitrogen functional groups attached to an aromatic ring is 1. The van der Waals surface area contributed by atoms with Gasteiger partial charge in [-0.1, -0.05) is 12.8 Å². The fourth-order valence-electron chi connectivity index (χ4n) is 5.56. The topological polar surface area (TPSA) is 70.3 Å². The Labute approximate surface area is 212 Å². The zero-order chi connectivity index (χ0) is 24.1. The zero-order valence-electron chi connectivity index (χ0n) is 21.8. The lowest BCUT2D eigenvalue weighted by molar-refractivity contribution is 0.120. The van der Waals surface area contributed by atoms with Gasteiger partial charge in [0.1, 0.15) is 0 Å². The third kappa shape index (κ3) is 8.77. The van der Waals surface area contributed by atoms with Crippen LogP contribution in [0.4, 0.5) is 17.2 Å². The van der Waals surface area contributed by atoms with Gasteiger partial charge in [0.15, 0.2) is 5.82 Å². The summed E-state index contributed by atoms with van der Waals surface area (Å²) < 4.78 is 12.0. The van der Waals surface area contributed by atoms with E-state index in [2.05, 4.69) is 30.6 Å². The molecule has 3 aliphatic rings. The summed E-state index contributed by atoms with van der Waals surface area (Å²) in [5.74, 6) is 1.02. The summed E-state index contributed by atoms with van der Waals surface area (Å²) in [6.07, 6.45) is 12.2. The van der Waals surface area contributed by atoms with E-state index in [0.29, 0.717) is 5.69 Å². The standard InChI is InChI=1S/C27H48N6O2/c28-25-23-26-27(29-24-25)33(18-22-35-20-8-14-31-11-5-2-6-12-31)16-15-32(26)17-21-34-19-7-13-30-9-3-1-4-10-30/h23-24H,1-22,28H2. The van der Waals surface area contributed by atoms with E-state index in [4.69, 9.17) is 15.2 Å². The minimum atomic E-state index is 0.715. The van der Waals surface area contributed by atoms with Crippen LogP contribution in [-0.4, -0.2) is 107 Å². The molecular formula is C27H48N6O2. The van der Waals surface area contributed by atoms with Gasteiger partial charge in [-0.05, 0) is 70.8 Å². The molecule has 35 heavy (non-hydrogen) atoms. The van der Waals surface area contributed by atoms with E-state index in [9.17, 15) is 0 Å². The number of pyridine rings is 1. The number of hydrogen-bond donors (Lipinski definition) is 1. The summed E-state index contributed by atoms with van der Waals surface area (Å²) in [7, 11) is 0. The fourth-order valence-corrected chi connectivity index (χ4v) is 5.56. The maximum absolute atomic E-state index is 6.10. The van der Waals surface area contributed by atoms with Crippen molar-refractivity contribution in [3.63, 3.8) is 0 Å². The number of nitrogens with zero attached hydrogens (tertiary/aromatic N) is 5. The van der Waals surface area contributed by atoms with Crippen molar-refractivity contribution in [2.45, 2.75) is 51.4 Å². The van der Waals surface area contributed by atoms with Gasteiger partial charge < -0.3 is 34.8 Å². The van der Waals surface area contributed by atoms with Gasteiger partial charge in [0.25, 0.3) is 0 Å². The Balaban J connectivity index is 1.13. The lowest BCUT2D eigenvalue weighted by Gasteiger charge is -2.38. The molecule has 4 heterocycles. The molecule has 0 radical (unpaired) electrons. The first-order valence-corrected chi connectivity index (χ1v) is 14.2. The van der Waals surface area contributed by atoms with Gasteiger partial charge >= 0.3 is 0 Å². The lowest BCUT2D eigenvalue weighted by atomic mass is 10.1. The van der Waals surface area contributed by atoms with Crippen LogP contribution in [0, 0.1) is 0 Å². The SMILES string of the molecule is Nc1cnc2c(c1)N(CCOCCCN1CCCCC1)CCN2CCOCCCN1CCCCC1. The highest BCUT2D eigenvalue weighted by atomic mass is 16.5. The molecule has 0 amide bonds. The van der Waals surface area contributed by atoms with Crippen molar-refractivity contribution in [1.82, 2.24) is 14.8 Å². The number of rotatable bonds is 14. The average molecular weight is 489 g/mol. The molecule has 4 rings (SSSR count). The van der Waals surface area contributed by atoms with Crippen LogP contribution in [0.2, 0.25) is 0 Å². The number of fused-ring (bicyclic) bond motifs is 1. The van der Waals surface area contributed by atoms with Crippen molar-refractivity contribution in [3.8, 4) is 0 Å². The first kappa shape index (κ1) is 26.5. The maximum atomic E-state index is 6.10. The first-order valence-electron chi connectivity index (χ1n) is 14.2. The summed E-state index contributed by atoms with van der Waals surface area (Å²) in [5.41, 5.74) is 7.94. The van der Waals surface area contributed by atoms with Crippen LogP contribution in [-0.2, 0) is 9.47 Å². The molecule has 2 saturated heterocycles. The number of ether oxygens (including phenoxy) is 2. The van der Waals surface area contributed by atoms with E-state index in [0.717, 1.165) is 77.0 Å². The van der Waals surface area contributed by atoms with Crippen LogP contribution in [0.15, 0.2) is 12.3 Å². The number of anilines is 3. The van der Waals surface area contributed by atoms with Gasteiger partial charge in [-0.15, -0.1) is 0 Å². The average Bonchev–Trinajstić information content (AvgIpc) is 2.90. The van der Waals surface area contributed by atoms with E-state index in [1.807, 2.05) is 0 Å². The van der Waals surface area contributed by atoms with Crippen molar-refractivity contribution in [2.75, 3.05) is 107 Å². The van der Waals surface area contributed by atoms with Gasteiger partial charge in [-0.3, -0.25) is 0 Å². The van der Waals surface area contributed by atoms with Crippen LogP contribution in [0.1, 0.15) is 51.4 Å². The number of hydrogen-bond acceptors (Lipinski definition) is 8. The molecule has 2 N–H and O–H groups in total. The zero-order valence-corrected chi connectivity index (χ0v) is 21.8. The number of piperidine rings is 2. The summed E-state index contributed by atoms with van der Waals surface area (Å²) in [4.78, 5) is 14.6. The third-order valence-electron chi connectivity index (χ3n) is 7.58. The summed E-state index contributed by atoms with van der Waals surface area (Å²) >= 11 is 0. The molecule has 0 aromatic carbocycles. The van der Waals surface area contributed by atoms with Gasteiger partial charge in [-0.2, -0.15) is 0 Å². The Morgan fingerprint density at radius 2 is 1.20 bits per heavy atom. The Bertz CT molecular complexity index is 724. The summed E-state index contributed by atoms with van der Waals surface area (Å²) in [6.45, 7) is 14.2. The van der Waals surface area contributed by atoms with Crippen molar-refractivity contribution >= 4 is 17.2 Å². The molecule has 0 bridgehead atoms. The molecule has 198 valence electrons. The minimum Gasteiger partial charge on any atom is -0.397 e. The highest BCUT2D eigenvalue weighted by Gasteiger charge is 2.24. The van der Waals surface area contributed by atoms with Crippen molar-refractivity contribution in [2.24, 2.45) is 0 Å². The van der Waals surface area contributed by atoms with Crippen LogP contribution in [0.25, 0.3) is 0 Å². The summed E-state index contributed by atoms with van der Waals surface area (Å²) in [5, 5.41) is 0. The van der Waals surface area contributed by atoms with Gasteiger partial charge in [-0.25, -0.2) is 4.98 Å². The van der Waals surface area contributed by atoms with Crippen LogP contribution >= 0.6 is 0 Å². The number of aromatic nitrogens is 1. The molecule has 0 spiro atoms. The summed E-state index contributed by atoms with van der Waals surface area (Å²) in [6, 6.07) is 2.06. The Kier molecular flexibility index (Phi) is 11.2. The minimum absolute atomic E-state index is 0.715. The van der Waals surface area contributed by atoms with Crippen molar-refractivity contribution in [1.29, 1.82) is 0 Å². The van der Waals surface area contributed by atoms with E-state index in [1.54, 1.807) is 6.20 Å². The molecule has 0 aliphatic carbocycles. The molecule has 0 unspecified atom stereocenters. The van der Waals surface area contributed by atoms with Crippen LogP contribution in [0.5, 0.6) is 0 Å². The van der Waals surface area contributed by atoms with Gasteiger partial charge in [0.2, 0.25) is 0 Å². The quantitative estimate of drug-likeness (QED) is 0.401. The largest absolute Gasteiger partial charge is 0.397 e. The van der Waals surface area contributed by atoms with E-state index < -0.39 is 0 Å². The molecule has 8 heteroatoms. The second-order valence-corrected chi connectivity index (χ2v) is 10.3. The molecule has 8 nitrogen and oxygen atoms in total. The first-order chi connectivity index (χ1) is 17.3. The lowest BCUT2D eigenvalue weighted by Crippen LogP contribution is -2.44. The molecular weight excluding hydrogens is 440 g/mol. The van der Waals surface area contributed by atoms with Crippen molar-refractivity contribution in [3.05, 3.63) is 12.3 Å². The Hall–Kier alpha value is -1.61. The number of likely N-dealkylation sites (tertiary alicyclic amines) is 2. The highest BCUT2D eigenvalue weighted by Crippen LogP contribution is 2.32. The van der Waals surface area contributed by atoms with E-state index in [-0.39, 0.29) is 0 Å². The fraction of sp³-hybridized carbons (Fsp3) is 0.815. The monoisotopic (exact) mass is 488 g/mol. The normalized spacial score (nSPS) is 19.8. The Morgan fingerprint density at radius 3 is 1.80 bits per heavy atom. The van der Waals surface area contributed by atoms with Crippen LogP contribution in [0.3, 0.4) is 0 Å².